The largest absolute Gasteiger partial charge is 0.497 e. The molecule has 0 saturated carbocycles. The number of ether oxygens (including phenoxy) is 2. The van der Waals surface area contributed by atoms with Crippen LogP contribution in [0, 0.1) is 10.1 Å². The van der Waals surface area contributed by atoms with Crippen LogP contribution in [0.1, 0.15) is 13.3 Å². The second-order valence-electron chi connectivity index (χ2n) is 6.27. The van der Waals surface area contributed by atoms with E-state index in [0.717, 1.165) is 23.6 Å². The van der Waals surface area contributed by atoms with Crippen molar-refractivity contribution in [2.24, 2.45) is 4.99 Å². The van der Waals surface area contributed by atoms with Gasteiger partial charge in [-0.1, -0.05) is 18.7 Å². The Hall–Kier alpha value is -3.07. The lowest BCUT2D eigenvalue weighted by molar-refractivity contribution is -0.384. The standard InChI is InChI=1S/C20H21N3O5S/c1-3-15-13-29-20(21-14-4-8-17(27-2)9-5-14)22(15)19(24)12-28-18-10-6-16(7-11-18)23(25)26/h4-11,15H,3,12-13H2,1-2H3. The van der Waals surface area contributed by atoms with Gasteiger partial charge in [0.2, 0.25) is 0 Å². The number of nitro groups is 1. The number of nitro benzene ring substituents is 1. The summed E-state index contributed by atoms with van der Waals surface area (Å²) in [6.07, 6.45) is 0.803. The number of thioether (sulfide) groups is 1. The number of rotatable bonds is 7. The third-order valence-corrected chi connectivity index (χ3v) is 5.52. The fourth-order valence-electron chi connectivity index (χ4n) is 2.81. The second-order valence-corrected chi connectivity index (χ2v) is 7.26. The Bertz CT molecular complexity index is 899. The predicted molar refractivity (Wildman–Crippen MR) is 112 cm³/mol. The lowest BCUT2D eigenvalue weighted by atomic mass is 10.2. The lowest BCUT2D eigenvalue weighted by Crippen LogP contribution is -2.41. The molecule has 1 aliphatic heterocycles. The number of nitrogens with zero attached hydrogens (tertiary/aromatic N) is 3. The zero-order valence-electron chi connectivity index (χ0n) is 16.1. The van der Waals surface area contributed by atoms with Crippen molar-refractivity contribution in [3.63, 3.8) is 0 Å². The number of amidine groups is 1. The van der Waals surface area contributed by atoms with Crippen LogP contribution in [0.15, 0.2) is 53.5 Å². The number of hydrogen-bond acceptors (Lipinski definition) is 7. The first kappa shape index (κ1) is 20.7. The van der Waals surface area contributed by atoms with Crippen molar-refractivity contribution in [1.29, 1.82) is 0 Å². The SMILES string of the molecule is CCC1CSC(=Nc2ccc(OC)cc2)N1C(=O)COc1ccc([N+](=O)[O-])cc1. The van der Waals surface area contributed by atoms with Gasteiger partial charge in [-0.05, 0) is 42.8 Å². The molecule has 1 heterocycles. The van der Waals surface area contributed by atoms with Crippen LogP contribution in [-0.2, 0) is 4.79 Å². The van der Waals surface area contributed by atoms with E-state index in [9.17, 15) is 14.9 Å². The van der Waals surface area contributed by atoms with E-state index in [-0.39, 0.29) is 24.2 Å². The van der Waals surface area contributed by atoms with Gasteiger partial charge < -0.3 is 9.47 Å². The van der Waals surface area contributed by atoms with Gasteiger partial charge in [-0.25, -0.2) is 4.99 Å². The van der Waals surface area contributed by atoms with Crippen LogP contribution in [0.2, 0.25) is 0 Å². The van der Waals surface area contributed by atoms with Gasteiger partial charge in [0.1, 0.15) is 11.5 Å². The Morgan fingerprint density at radius 3 is 2.45 bits per heavy atom. The van der Waals surface area contributed by atoms with E-state index in [1.165, 1.54) is 36.0 Å². The minimum absolute atomic E-state index is 0.0282. The van der Waals surface area contributed by atoms with Crippen LogP contribution in [0.3, 0.4) is 0 Å². The molecule has 3 rings (SSSR count). The van der Waals surface area contributed by atoms with E-state index in [0.29, 0.717) is 10.9 Å². The minimum Gasteiger partial charge on any atom is -0.497 e. The molecule has 1 fully saturated rings. The summed E-state index contributed by atoms with van der Waals surface area (Å²) in [7, 11) is 1.60. The maximum Gasteiger partial charge on any atom is 0.269 e. The van der Waals surface area contributed by atoms with Gasteiger partial charge in [0, 0.05) is 23.9 Å². The number of non-ortho nitro benzene ring substituents is 1. The number of carbonyl (C=O) groups excluding carboxylic acids is 1. The molecule has 8 nitrogen and oxygen atoms in total. The number of amides is 1. The van der Waals surface area contributed by atoms with Crippen LogP contribution in [0.5, 0.6) is 11.5 Å². The maximum absolute atomic E-state index is 12.8. The molecule has 1 atom stereocenters. The van der Waals surface area contributed by atoms with Gasteiger partial charge in [-0.3, -0.25) is 19.8 Å². The molecule has 0 bridgehead atoms. The molecule has 2 aromatic rings. The summed E-state index contributed by atoms with van der Waals surface area (Å²) < 4.78 is 10.7. The van der Waals surface area contributed by atoms with Crippen molar-refractivity contribution in [2.45, 2.75) is 19.4 Å². The van der Waals surface area contributed by atoms with Crippen LogP contribution < -0.4 is 9.47 Å². The number of hydrogen-bond donors (Lipinski definition) is 0. The van der Waals surface area contributed by atoms with Crippen molar-refractivity contribution in [3.8, 4) is 11.5 Å². The highest BCUT2D eigenvalue weighted by Gasteiger charge is 2.34. The quantitative estimate of drug-likeness (QED) is 0.501. The summed E-state index contributed by atoms with van der Waals surface area (Å²) in [6, 6.07) is 13.0. The molecule has 9 heteroatoms. The van der Waals surface area contributed by atoms with Crippen molar-refractivity contribution in [3.05, 3.63) is 58.6 Å². The Balaban J connectivity index is 1.71. The van der Waals surface area contributed by atoms with Gasteiger partial charge in [-0.2, -0.15) is 0 Å². The lowest BCUT2D eigenvalue weighted by Gasteiger charge is -2.23. The average Bonchev–Trinajstić information content (AvgIpc) is 3.15. The Morgan fingerprint density at radius 2 is 1.86 bits per heavy atom. The van der Waals surface area contributed by atoms with Gasteiger partial charge in [0.15, 0.2) is 11.8 Å². The number of methoxy groups -OCH3 is 1. The van der Waals surface area contributed by atoms with Crippen molar-refractivity contribution < 1.29 is 19.2 Å². The van der Waals surface area contributed by atoms with E-state index < -0.39 is 4.92 Å². The van der Waals surface area contributed by atoms with Gasteiger partial charge in [0.25, 0.3) is 11.6 Å². The number of aliphatic imine (C=N–C) groups is 1. The fourth-order valence-corrected chi connectivity index (χ4v) is 4.10. The molecule has 0 spiro atoms. The first-order valence-electron chi connectivity index (χ1n) is 9.06. The molecule has 1 unspecified atom stereocenters. The first-order valence-corrected chi connectivity index (χ1v) is 10.0. The normalized spacial score (nSPS) is 17.4. The third-order valence-electron chi connectivity index (χ3n) is 4.42. The maximum atomic E-state index is 12.8. The van der Waals surface area contributed by atoms with Crippen LogP contribution in [-0.4, -0.2) is 46.4 Å². The smallest absolute Gasteiger partial charge is 0.269 e. The first-order chi connectivity index (χ1) is 14.0. The van der Waals surface area contributed by atoms with Crippen molar-refractivity contribution in [2.75, 3.05) is 19.5 Å². The van der Waals surface area contributed by atoms with E-state index >= 15 is 0 Å². The molecule has 1 amide bonds. The molecular formula is C20H21N3O5S. The molecular weight excluding hydrogens is 394 g/mol. The third kappa shape index (κ3) is 5.05. The molecule has 0 aliphatic carbocycles. The number of carbonyl (C=O) groups is 1. The summed E-state index contributed by atoms with van der Waals surface area (Å²) in [5.74, 6) is 1.71. The molecule has 0 N–H and O–H groups in total. The van der Waals surface area contributed by atoms with E-state index in [1.807, 2.05) is 31.2 Å². The van der Waals surface area contributed by atoms with Gasteiger partial charge in [0.05, 0.1) is 17.7 Å². The van der Waals surface area contributed by atoms with Crippen LogP contribution in [0.25, 0.3) is 0 Å². The monoisotopic (exact) mass is 415 g/mol. The summed E-state index contributed by atoms with van der Waals surface area (Å²) in [6.45, 7) is 1.86. The average molecular weight is 415 g/mol. The van der Waals surface area contributed by atoms with Crippen LogP contribution >= 0.6 is 11.8 Å². The van der Waals surface area contributed by atoms with E-state index in [4.69, 9.17) is 9.47 Å². The zero-order chi connectivity index (χ0) is 20.8. The molecule has 0 aromatic heterocycles. The number of benzene rings is 2. The molecule has 0 radical (unpaired) electrons. The van der Waals surface area contributed by atoms with Crippen molar-refractivity contribution >= 4 is 34.2 Å². The van der Waals surface area contributed by atoms with Gasteiger partial charge >= 0.3 is 0 Å². The van der Waals surface area contributed by atoms with Crippen molar-refractivity contribution in [1.82, 2.24) is 4.90 Å². The summed E-state index contributed by atoms with van der Waals surface area (Å²) in [5.41, 5.74) is 0.707. The summed E-state index contributed by atoms with van der Waals surface area (Å²) in [4.78, 5) is 29.4. The molecule has 29 heavy (non-hydrogen) atoms. The summed E-state index contributed by atoms with van der Waals surface area (Å²) >= 11 is 1.54. The van der Waals surface area contributed by atoms with E-state index in [1.54, 1.807) is 12.0 Å². The highest BCUT2D eigenvalue weighted by Crippen LogP contribution is 2.29. The topological polar surface area (TPSA) is 94.3 Å². The highest BCUT2D eigenvalue weighted by molar-refractivity contribution is 8.14. The second kappa shape index (κ2) is 9.42. The summed E-state index contributed by atoms with van der Waals surface area (Å²) in [5, 5.41) is 11.4. The van der Waals surface area contributed by atoms with Crippen LogP contribution in [0.4, 0.5) is 11.4 Å². The Kier molecular flexibility index (Phi) is 6.71. The highest BCUT2D eigenvalue weighted by atomic mass is 32.2. The Labute approximate surface area is 172 Å². The fraction of sp³-hybridized carbons (Fsp3) is 0.300. The Morgan fingerprint density at radius 1 is 1.21 bits per heavy atom. The minimum atomic E-state index is -0.482. The molecule has 152 valence electrons. The van der Waals surface area contributed by atoms with Gasteiger partial charge in [-0.15, -0.1) is 0 Å². The zero-order valence-corrected chi connectivity index (χ0v) is 16.9. The predicted octanol–water partition coefficient (Wildman–Crippen LogP) is 4.02. The molecule has 1 aliphatic rings. The molecule has 2 aromatic carbocycles. The molecule has 1 saturated heterocycles. The van der Waals surface area contributed by atoms with E-state index in [2.05, 4.69) is 4.99 Å².